The van der Waals surface area contributed by atoms with Gasteiger partial charge in [0, 0.05) is 19.3 Å². The van der Waals surface area contributed by atoms with E-state index in [1.807, 2.05) is 22.8 Å². The molecule has 0 saturated carbocycles. The van der Waals surface area contributed by atoms with Crippen LogP contribution in [0.3, 0.4) is 0 Å². The molecule has 1 aliphatic rings. The number of hydrogen-bond acceptors (Lipinski definition) is 5. The second-order valence-electron chi connectivity index (χ2n) is 6.92. The highest BCUT2D eigenvalue weighted by atomic mass is 32.2. The molecule has 4 aromatic rings. The second-order valence-corrected chi connectivity index (χ2v) is 8.86. The first-order valence-corrected chi connectivity index (χ1v) is 10.6. The molecular formula is C20H17FN4O3S. The van der Waals surface area contributed by atoms with Crippen LogP contribution in [0.2, 0.25) is 0 Å². The van der Waals surface area contributed by atoms with Gasteiger partial charge in [0.15, 0.2) is 5.65 Å². The van der Waals surface area contributed by atoms with Crippen molar-refractivity contribution in [3.8, 4) is 11.4 Å². The zero-order valence-corrected chi connectivity index (χ0v) is 16.1. The summed E-state index contributed by atoms with van der Waals surface area (Å²) >= 11 is 0. The lowest BCUT2D eigenvalue weighted by molar-refractivity contribution is 0.455. The third-order valence-electron chi connectivity index (χ3n) is 5.17. The lowest BCUT2D eigenvalue weighted by Gasteiger charge is -2.18. The highest BCUT2D eigenvalue weighted by molar-refractivity contribution is 7.89. The minimum absolute atomic E-state index is 0.0863. The molecule has 1 fully saturated rings. The average Bonchev–Trinajstić information content (AvgIpc) is 3.46. The highest BCUT2D eigenvalue weighted by Crippen LogP contribution is 2.34. The molecule has 1 unspecified atom stereocenters. The standard InChI is InChI=1S/C20H17FN4O3S/c21-15-3-5-17(6-4-15)29(26,27)24-10-7-16(12-24)25-19(14-8-11-28-13-14)23-18-2-1-9-22-20(18)25/h1-6,8-9,11,13,16H,7,10,12H2. The largest absolute Gasteiger partial charge is 0.472 e. The van der Waals surface area contributed by atoms with Gasteiger partial charge in [-0.2, -0.15) is 4.31 Å². The maximum absolute atomic E-state index is 13.2. The Morgan fingerprint density at radius 1 is 1.14 bits per heavy atom. The van der Waals surface area contributed by atoms with E-state index in [9.17, 15) is 12.8 Å². The molecule has 1 aliphatic heterocycles. The molecule has 1 saturated heterocycles. The summed E-state index contributed by atoms with van der Waals surface area (Å²) in [5.74, 6) is 0.224. The van der Waals surface area contributed by atoms with Crippen molar-refractivity contribution in [2.75, 3.05) is 13.1 Å². The van der Waals surface area contributed by atoms with Crippen molar-refractivity contribution in [2.45, 2.75) is 17.4 Å². The summed E-state index contributed by atoms with van der Waals surface area (Å²) in [7, 11) is -3.71. The SMILES string of the molecule is O=S(=O)(c1ccc(F)cc1)N1CCC(n2c(-c3ccoc3)nc3cccnc32)C1. The fourth-order valence-electron chi connectivity index (χ4n) is 3.77. The second kappa shape index (κ2) is 6.78. The number of imidazole rings is 1. The molecule has 0 N–H and O–H groups in total. The average molecular weight is 412 g/mol. The van der Waals surface area contributed by atoms with E-state index < -0.39 is 15.8 Å². The Morgan fingerprint density at radius 3 is 2.72 bits per heavy atom. The quantitative estimate of drug-likeness (QED) is 0.513. The van der Waals surface area contributed by atoms with Gasteiger partial charge in [-0.1, -0.05) is 0 Å². The number of nitrogens with zero attached hydrogens (tertiary/aromatic N) is 4. The van der Waals surface area contributed by atoms with Crippen LogP contribution in [0.5, 0.6) is 0 Å². The summed E-state index contributed by atoms with van der Waals surface area (Å²) in [6.45, 7) is 0.647. The van der Waals surface area contributed by atoms with Gasteiger partial charge in [-0.3, -0.25) is 0 Å². The number of sulfonamides is 1. The van der Waals surface area contributed by atoms with Crippen molar-refractivity contribution in [3.63, 3.8) is 0 Å². The molecule has 1 aromatic carbocycles. The molecule has 0 radical (unpaired) electrons. The van der Waals surface area contributed by atoms with E-state index in [0.717, 1.165) is 23.2 Å². The van der Waals surface area contributed by atoms with Crippen LogP contribution in [-0.2, 0) is 10.0 Å². The van der Waals surface area contributed by atoms with Crippen molar-refractivity contribution >= 4 is 21.2 Å². The topological polar surface area (TPSA) is 81.2 Å². The third kappa shape index (κ3) is 3.02. The normalized spacial score (nSPS) is 17.9. The van der Waals surface area contributed by atoms with Crippen LogP contribution in [0.25, 0.3) is 22.6 Å². The highest BCUT2D eigenvalue weighted by Gasteiger charge is 2.35. The van der Waals surface area contributed by atoms with Crippen LogP contribution in [0.4, 0.5) is 4.39 Å². The molecule has 5 rings (SSSR count). The van der Waals surface area contributed by atoms with E-state index in [0.29, 0.717) is 24.4 Å². The molecule has 9 heteroatoms. The number of halogens is 1. The zero-order valence-electron chi connectivity index (χ0n) is 15.3. The number of hydrogen-bond donors (Lipinski definition) is 0. The van der Waals surface area contributed by atoms with E-state index in [4.69, 9.17) is 4.42 Å². The van der Waals surface area contributed by atoms with Crippen LogP contribution in [0.1, 0.15) is 12.5 Å². The van der Waals surface area contributed by atoms with Gasteiger partial charge in [-0.25, -0.2) is 22.8 Å². The number of furan rings is 1. The van der Waals surface area contributed by atoms with Gasteiger partial charge < -0.3 is 8.98 Å². The smallest absolute Gasteiger partial charge is 0.243 e. The minimum atomic E-state index is -3.71. The van der Waals surface area contributed by atoms with Crippen molar-refractivity contribution in [1.82, 2.24) is 18.8 Å². The molecular weight excluding hydrogens is 395 g/mol. The number of pyridine rings is 1. The Balaban J connectivity index is 1.53. The third-order valence-corrected chi connectivity index (χ3v) is 7.05. The number of benzene rings is 1. The minimum Gasteiger partial charge on any atom is -0.472 e. The number of aromatic nitrogens is 3. The fraction of sp³-hybridized carbons (Fsp3) is 0.200. The Kier molecular flexibility index (Phi) is 4.21. The van der Waals surface area contributed by atoms with Crippen molar-refractivity contribution < 1.29 is 17.2 Å². The first-order valence-electron chi connectivity index (χ1n) is 9.15. The van der Waals surface area contributed by atoms with Gasteiger partial charge in [0.1, 0.15) is 23.4 Å². The van der Waals surface area contributed by atoms with Gasteiger partial charge in [0.05, 0.1) is 22.8 Å². The molecule has 148 valence electrons. The maximum Gasteiger partial charge on any atom is 0.243 e. The molecule has 0 spiro atoms. The van der Waals surface area contributed by atoms with Crippen molar-refractivity contribution in [1.29, 1.82) is 0 Å². The summed E-state index contributed by atoms with van der Waals surface area (Å²) in [6, 6.07) is 10.3. The predicted molar refractivity (Wildman–Crippen MR) is 104 cm³/mol. The summed E-state index contributed by atoms with van der Waals surface area (Å²) in [4.78, 5) is 9.24. The lowest BCUT2D eigenvalue weighted by atomic mass is 10.2. The van der Waals surface area contributed by atoms with E-state index in [1.54, 1.807) is 18.7 Å². The van der Waals surface area contributed by atoms with Gasteiger partial charge in [-0.05, 0) is 48.9 Å². The van der Waals surface area contributed by atoms with Crippen LogP contribution >= 0.6 is 0 Å². The summed E-state index contributed by atoms with van der Waals surface area (Å²) in [6.07, 6.45) is 5.50. The van der Waals surface area contributed by atoms with Crippen LogP contribution in [0.15, 0.2) is 70.5 Å². The monoisotopic (exact) mass is 412 g/mol. The molecule has 1 atom stereocenters. The predicted octanol–water partition coefficient (Wildman–Crippen LogP) is 3.47. The Morgan fingerprint density at radius 2 is 1.97 bits per heavy atom. The van der Waals surface area contributed by atoms with Crippen molar-refractivity contribution in [2.24, 2.45) is 0 Å². The molecule has 0 amide bonds. The molecule has 3 aromatic heterocycles. The Labute approximate surface area is 166 Å². The fourth-order valence-corrected chi connectivity index (χ4v) is 5.26. The van der Waals surface area contributed by atoms with E-state index >= 15 is 0 Å². The summed E-state index contributed by atoms with van der Waals surface area (Å²) in [5.41, 5.74) is 2.25. The van der Waals surface area contributed by atoms with Crippen LogP contribution in [0, 0.1) is 5.82 Å². The Hall–Kier alpha value is -3.04. The molecule has 7 nitrogen and oxygen atoms in total. The van der Waals surface area contributed by atoms with Gasteiger partial charge in [0.25, 0.3) is 0 Å². The number of fused-ring (bicyclic) bond motifs is 1. The molecule has 0 aliphatic carbocycles. The Bertz CT molecular complexity index is 1270. The zero-order chi connectivity index (χ0) is 20.0. The summed E-state index contributed by atoms with van der Waals surface area (Å²) in [5, 5.41) is 0. The number of rotatable bonds is 4. The first kappa shape index (κ1) is 18.0. The van der Waals surface area contributed by atoms with Crippen LogP contribution < -0.4 is 0 Å². The van der Waals surface area contributed by atoms with Gasteiger partial charge >= 0.3 is 0 Å². The molecule has 0 bridgehead atoms. The van der Waals surface area contributed by atoms with Crippen LogP contribution in [-0.4, -0.2) is 40.3 Å². The summed E-state index contributed by atoms with van der Waals surface area (Å²) < 4.78 is 47.8. The lowest BCUT2D eigenvalue weighted by Crippen LogP contribution is -2.29. The van der Waals surface area contributed by atoms with Gasteiger partial charge in [-0.15, -0.1) is 0 Å². The molecule has 4 heterocycles. The first-order chi connectivity index (χ1) is 14.0. The van der Waals surface area contributed by atoms with E-state index in [2.05, 4.69) is 9.97 Å². The molecule has 29 heavy (non-hydrogen) atoms. The van der Waals surface area contributed by atoms with E-state index in [-0.39, 0.29) is 17.5 Å². The maximum atomic E-state index is 13.2. The van der Waals surface area contributed by atoms with Gasteiger partial charge in [0.2, 0.25) is 10.0 Å². The van der Waals surface area contributed by atoms with Crippen molar-refractivity contribution in [3.05, 3.63) is 67.0 Å². The van der Waals surface area contributed by atoms with E-state index in [1.165, 1.54) is 16.4 Å².